The van der Waals surface area contributed by atoms with E-state index >= 15 is 0 Å². The van der Waals surface area contributed by atoms with Crippen LogP contribution in [0.4, 0.5) is 15.2 Å². The fourth-order valence-corrected chi connectivity index (χ4v) is 5.30. The highest BCUT2D eigenvalue weighted by Crippen LogP contribution is 2.28. The van der Waals surface area contributed by atoms with Crippen molar-refractivity contribution in [3.05, 3.63) is 94.8 Å². The zero-order valence-corrected chi connectivity index (χ0v) is 23.0. The van der Waals surface area contributed by atoms with Crippen molar-refractivity contribution in [3.8, 4) is 0 Å². The molecule has 0 unspecified atom stereocenters. The second-order valence-corrected chi connectivity index (χ2v) is 9.91. The molecule has 196 valence electrons. The van der Waals surface area contributed by atoms with Gasteiger partial charge in [0.25, 0.3) is 5.91 Å². The SMILES string of the molecule is Cc1nc(C(=O)N(Cc2cnc(N3CCCCC3)s2)c2ccc(F)cc2)cn1Cc1ccccc1.Cl.Cl. The highest BCUT2D eigenvalue weighted by atomic mass is 35.5. The number of hydrogen-bond donors (Lipinski definition) is 0. The number of imidazole rings is 1. The van der Waals surface area contributed by atoms with Gasteiger partial charge in [0.05, 0.1) is 6.54 Å². The fraction of sp³-hybridized carbons (Fsp3) is 0.296. The number of piperidine rings is 1. The fourth-order valence-electron chi connectivity index (χ4n) is 4.35. The lowest BCUT2D eigenvalue weighted by atomic mass is 10.1. The Labute approximate surface area is 233 Å². The number of aryl methyl sites for hydroxylation is 1. The number of anilines is 2. The number of benzene rings is 2. The van der Waals surface area contributed by atoms with Crippen molar-refractivity contribution in [2.75, 3.05) is 22.9 Å². The highest BCUT2D eigenvalue weighted by molar-refractivity contribution is 7.15. The number of rotatable bonds is 7. The van der Waals surface area contributed by atoms with Crippen LogP contribution in [0.5, 0.6) is 0 Å². The first kappa shape index (κ1) is 28.6. The van der Waals surface area contributed by atoms with E-state index in [1.54, 1.807) is 34.6 Å². The van der Waals surface area contributed by atoms with Crippen LogP contribution in [0.15, 0.2) is 67.0 Å². The molecule has 0 aliphatic carbocycles. The Morgan fingerprint density at radius 1 is 1.03 bits per heavy atom. The van der Waals surface area contributed by atoms with E-state index in [2.05, 4.69) is 27.0 Å². The summed E-state index contributed by atoms with van der Waals surface area (Å²) in [5, 5.41) is 0.995. The van der Waals surface area contributed by atoms with Crippen LogP contribution < -0.4 is 9.80 Å². The molecule has 4 aromatic rings. The van der Waals surface area contributed by atoms with Crippen molar-refractivity contribution in [2.24, 2.45) is 0 Å². The molecule has 0 N–H and O–H groups in total. The number of amides is 1. The van der Waals surface area contributed by atoms with E-state index in [4.69, 9.17) is 0 Å². The number of nitrogens with zero attached hydrogens (tertiary/aromatic N) is 5. The molecule has 10 heteroatoms. The summed E-state index contributed by atoms with van der Waals surface area (Å²) in [5.41, 5.74) is 2.13. The van der Waals surface area contributed by atoms with Crippen LogP contribution in [0, 0.1) is 12.7 Å². The predicted molar refractivity (Wildman–Crippen MR) is 152 cm³/mol. The van der Waals surface area contributed by atoms with Gasteiger partial charge in [0.15, 0.2) is 5.13 Å². The number of hydrogen-bond acceptors (Lipinski definition) is 5. The first-order valence-corrected chi connectivity index (χ1v) is 12.7. The van der Waals surface area contributed by atoms with Crippen molar-refractivity contribution in [1.82, 2.24) is 14.5 Å². The molecule has 6 nitrogen and oxygen atoms in total. The van der Waals surface area contributed by atoms with Crippen molar-refractivity contribution in [1.29, 1.82) is 0 Å². The molecule has 1 fully saturated rings. The third kappa shape index (κ3) is 6.89. The van der Waals surface area contributed by atoms with Crippen molar-refractivity contribution >= 4 is 52.9 Å². The summed E-state index contributed by atoms with van der Waals surface area (Å²) in [5.74, 6) is 0.204. The van der Waals surface area contributed by atoms with Gasteiger partial charge in [0, 0.05) is 42.6 Å². The molecule has 0 spiro atoms. The molecular weight excluding hydrogens is 532 g/mol. The molecule has 5 rings (SSSR count). The lowest BCUT2D eigenvalue weighted by molar-refractivity contribution is 0.0981. The van der Waals surface area contributed by atoms with Gasteiger partial charge >= 0.3 is 0 Å². The quantitative estimate of drug-likeness (QED) is 0.258. The van der Waals surface area contributed by atoms with Crippen LogP contribution in [0.1, 0.15) is 46.0 Å². The topological polar surface area (TPSA) is 54.3 Å². The average Bonchev–Trinajstić information content (AvgIpc) is 3.51. The molecule has 2 aromatic carbocycles. The summed E-state index contributed by atoms with van der Waals surface area (Å²) < 4.78 is 15.6. The number of aromatic nitrogens is 3. The molecular formula is C27H30Cl2FN5OS. The van der Waals surface area contributed by atoms with Gasteiger partial charge in [0.1, 0.15) is 17.3 Å². The van der Waals surface area contributed by atoms with E-state index in [9.17, 15) is 9.18 Å². The minimum atomic E-state index is -0.339. The Morgan fingerprint density at radius 3 is 2.43 bits per heavy atom. The average molecular weight is 563 g/mol. The minimum absolute atomic E-state index is 0. The van der Waals surface area contributed by atoms with Gasteiger partial charge in [0.2, 0.25) is 0 Å². The van der Waals surface area contributed by atoms with Crippen LogP contribution in [0.2, 0.25) is 0 Å². The molecule has 0 saturated carbocycles. The maximum Gasteiger partial charge on any atom is 0.278 e. The van der Waals surface area contributed by atoms with E-state index in [1.165, 1.54) is 31.4 Å². The number of carbonyl (C=O) groups is 1. The maximum atomic E-state index is 13.7. The van der Waals surface area contributed by atoms with Crippen LogP contribution in [0.3, 0.4) is 0 Å². The molecule has 0 radical (unpaired) electrons. The highest BCUT2D eigenvalue weighted by Gasteiger charge is 2.23. The van der Waals surface area contributed by atoms with Gasteiger partial charge < -0.3 is 14.4 Å². The van der Waals surface area contributed by atoms with Gasteiger partial charge in [-0.2, -0.15) is 0 Å². The molecule has 1 aliphatic heterocycles. The van der Waals surface area contributed by atoms with Gasteiger partial charge in [-0.05, 0) is 56.0 Å². The summed E-state index contributed by atoms with van der Waals surface area (Å²) in [4.78, 5) is 27.8. The molecule has 2 aromatic heterocycles. The third-order valence-electron chi connectivity index (χ3n) is 6.26. The molecule has 1 saturated heterocycles. The van der Waals surface area contributed by atoms with Crippen LogP contribution in [0.25, 0.3) is 0 Å². The number of halogens is 3. The summed E-state index contributed by atoms with van der Waals surface area (Å²) in [6.45, 7) is 4.92. The molecule has 37 heavy (non-hydrogen) atoms. The Morgan fingerprint density at radius 2 is 1.73 bits per heavy atom. The first-order chi connectivity index (χ1) is 17.1. The van der Waals surface area contributed by atoms with Gasteiger partial charge in [-0.3, -0.25) is 4.79 Å². The lowest BCUT2D eigenvalue weighted by Crippen LogP contribution is -2.30. The number of carbonyl (C=O) groups excluding carboxylic acids is 1. The van der Waals surface area contributed by atoms with Gasteiger partial charge in [-0.1, -0.05) is 30.3 Å². The zero-order chi connectivity index (χ0) is 24.2. The Kier molecular flexibility index (Phi) is 10.1. The number of thiazole rings is 1. The van der Waals surface area contributed by atoms with Crippen molar-refractivity contribution < 1.29 is 9.18 Å². The van der Waals surface area contributed by atoms with Gasteiger partial charge in [-0.15, -0.1) is 36.2 Å². The van der Waals surface area contributed by atoms with E-state index in [0.29, 0.717) is 24.5 Å². The van der Waals surface area contributed by atoms with E-state index in [0.717, 1.165) is 34.5 Å². The van der Waals surface area contributed by atoms with Crippen LogP contribution >= 0.6 is 36.2 Å². The molecule has 1 aliphatic rings. The van der Waals surface area contributed by atoms with Crippen molar-refractivity contribution in [2.45, 2.75) is 39.3 Å². The smallest absolute Gasteiger partial charge is 0.278 e. The third-order valence-corrected chi connectivity index (χ3v) is 7.30. The zero-order valence-electron chi connectivity index (χ0n) is 20.5. The van der Waals surface area contributed by atoms with Crippen LogP contribution in [-0.4, -0.2) is 33.5 Å². The predicted octanol–water partition coefficient (Wildman–Crippen LogP) is 6.52. The maximum absolute atomic E-state index is 13.7. The summed E-state index contributed by atoms with van der Waals surface area (Å²) in [6, 6.07) is 16.1. The summed E-state index contributed by atoms with van der Waals surface area (Å²) in [6.07, 6.45) is 7.27. The monoisotopic (exact) mass is 561 g/mol. The molecule has 3 heterocycles. The minimum Gasteiger partial charge on any atom is -0.348 e. The van der Waals surface area contributed by atoms with E-state index in [-0.39, 0.29) is 36.5 Å². The van der Waals surface area contributed by atoms with Crippen molar-refractivity contribution in [3.63, 3.8) is 0 Å². The Balaban J connectivity index is 0.00000190. The molecule has 1 amide bonds. The second-order valence-electron chi connectivity index (χ2n) is 8.81. The van der Waals surface area contributed by atoms with Gasteiger partial charge in [-0.25, -0.2) is 14.4 Å². The second kappa shape index (κ2) is 13.0. The molecule has 0 atom stereocenters. The lowest BCUT2D eigenvalue weighted by Gasteiger charge is -2.26. The molecule has 0 bridgehead atoms. The summed E-state index contributed by atoms with van der Waals surface area (Å²) >= 11 is 1.61. The summed E-state index contributed by atoms with van der Waals surface area (Å²) in [7, 11) is 0. The largest absolute Gasteiger partial charge is 0.348 e. The first-order valence-electron chi connectivity index (χ1n) is 11.9. The Bertz CT molecular complexity index is 1290. The Hall–Kier alpha value is -2.94. The van der Waals surface area contributed by atoms with E-state index < -0.39 is 0 Å². The standard InChI is InChI=1S/C27H28FN5OS.2ClH/c1-20-30-25(19-32(20)17-21-8-4-2-5-9-21)26(34)33(23-12-10-22(28)11-13-23)18-24-16-29-27(35-24)31-14-6-3-7-15-31;;/h2,4-5,8-13,16,19H,3,6-7,14-15,17-18H2,1H3;2*1H. The van der Waals surface area contributed by atoms with Crippen LogP contribution in [-0.2, 0) is 13.1 Å². The van der Waals surface area contributed by atoms with E-state index in [1.807, 2.05) is 35.9 Å². The normalized spacial score (nSPS) is 13.0.